The zero-order valence-corrected chi connectivity index (χ0v) is 17.7. The Balaban J connectivity index is 1.21. The molecule has 1 N–H and O–H groups in total. The van der Waals surface area contributed by atoms with Gasteiger partial charge in [0.15, 0.2) is 0 Å². The van der Waals surface area contributed by atoms with Gasteiger partial charge in [0.05, 0.1) is 29.9 Å². The second kappa shape index (κ2) is 7.74. The van der Waals surface area contributed by atoms with Crippen molar-refractivity contribution >= 4 is 16.2 Å². The van der Waals surface area contributed by atoms with Crippen LogP contribution in [0.25, 0.3) is 10.5 Å². The Morgan fingerprint density at radius 1 is 1.23 bits per heavy atom. The van der Waals surface area contributed by atoms with Gasteiger partial charge in [0, 0.05) is 11.5 Å². The smallest absolute Gasteiger partial charge is 0.141 e. The molecule has 2 fully saturated rings. The molecule has 4 aromatic rings. The van der Waals surface area contributed by atoms with Gasteiger partial charge in [-0.3, -0.25) is 4.40 Å². The average molecular weight is 438 g/mol. The van der Waals surface area contributed by atoms with E-state index in [0.717, 1.165) is 41.4 Å². The van der Waals surface area contributed by atoms with E-state index in [0.29, 0.717) is 18.2 Å². The van der Waals surface area contributed by atoms with E-state index in [2.05, 4.69) is 15.3 Å². The first-order valence-electron chi connectivity index (χ1n) is 10.7. The lowest BCUT2D eigenvalue weighted by atomic mass is 10.1. The highest BCUT2D eigenvalue weighted by molar-refractivity contribution is 7.17. The maximum absolute atomic E-state index is 11.1. The highest BCUT2D eigenvalue weighted by Gasteiger charge is 2.33. The predicted octanol–water partition coefficient (Wildman–Crippen LogP) is 3.49. The minimum Gasteiger partial charge on any atom is -0.491 e. The van der Waals surface area contributed by atoms with Gasteiger partial charge in [-0.25, -0.2) is 9.67 Å². The van der Waals surface area contributed by atoms with Crippen LogP contribution in [0.4, 0.5) is 0 Å². The summed E-state index contributed by atoms with van der Waals surface area (Å²) in [6, 6.07) is 7.70. The van der Waals surface area contributed by atoms with Crippen LogP contribution in [0.2, 0.25) is 0 Å². The molecule has 2 aliphatic rings. The fourth-order valence-corrected chi connectivity index (χ4v) is 5.36. The Labute approximate surface area is 183 Å². The van der Waals surface area contributed by atoms with Crippen molar-refractivity contribution < 1.29 is 14.6 Å². The number of fused-ring (bicyclic) bond motifs is 1. The number of hydrogen-bond acceptors (Lipinski definition) is 7. The quantitative estimate of drug-likeness (QED) is 0.476. The van der Waals surface area contributed by atoms with Crippen molar-refractivity contribution in [2.24, 2.45) is 0 Å². The molecule has 0 amide bonds. The van der Waals surface area contributed by atoms with Crippen molar-refractivity contribution in [1.29, 1.82) is 0 Å². The number of aliphatic hydroxyl groups is 1. The molecule has 2 unspecified atom stereocenters. The molecule has 8 nitrogen and oxygen atoms in total. The van der Waals surface area contributed by atoms with Crippen molar-refractivity contribution in [3.63, 3.8) is 0 Å². The zero-order chi connectivity index (χ0) is 20.8. The van der Waals surface area contributed by atoms with Gasteiger partial charge in [-0.05, 0) is 55.9 Å². The lowest BCUT2D eigenvalue weighted by Crippen LogP contribution is -2.16. The molecule has 1 aliphatic heterocycles. The van der Waals surface area contributed by atoms with Crippen molar-refractivity contribution in [1.82, 2.24) is 24.4 Å². The van der Waals surface area contributed by atoms with Crippen LogP contribution in [0.3, 0.4) is 0 Å². The normalized spacial score (nSPS) is 19.8. The first-order valence-corrected chi connectivity index (χ1v) is 11.5. The molecule has 3 aromatic heterocycles. The van der Waals surface area contributed by atoms with Gasteiger partial charge < -0.3 is 14.6 Å². The Morgan fingerprint density at radius 3 is 2.87 bits per heavy atom. The Kier molecular flexibility index (Phi) is 4.74. The summed E-state index contributed by atoms with van der Waals surface area (Å²) in [6.45, 7) is 1.40. The fourth-order valence-electron chi connectivity index (χ4n) is 4.06. The molecule has 160 valence electrons. The molecule has 9 heteroatoms. The summed E-state index contributed by atoms with van der Waals surface area (Å²) in [7, 11) is 0. The molecule has 1 aliphatic carbocycles. The lowest BCUT2D eigenvalue weighted by molar-refractivity contribution is 0.0679. The van der Waals surface area contributed by atoms with Crippen LogP contribution in [-0.2, 0) is 4.74 Å². The summed E-state index contributed by atoms with van der Waals surface area (Å²) < 4.78 is 15.1. The maximum Gasteiger partial charge on any atom is 0.141 e. The largest absolute Gasteiger partial charge is 0.491 e. The van der Waals surface area contributed by atoms with Gasteiger partial charge in [0.25, 0.3) is 0 Å². The van der Waals surface area contributed by atoms with E-state index in [1.165, 1.54) is 17.7 Å². The van der Waals surface area contributed by atoms with E-state index in [1.807, 2.05) is 34.9 Å². The molecule has 1 saturated heterocycles. The summed E-state index contributed by atoms with van der Waals surface area (Å²) >= 11 is 1.71. The van der Waals surface area contributed by atoms with Crippen molar-refractivity contribution in [2.45, 2.75) is 43.8 Å². The van der Waals surface area contributed by atoms with Gasteiger partial charge in [-0.1, -0.05) is 5.21 Å². The first-order chi connectivity index (χ1) is 15.3. The summed E-state index contributed by atoms with van der Waals surface area (Å²) in [6.07, 6.45) is 9.23. The Bertz CT molecular complexity index is 1190. The number of aliphatic hydroxyl groups excluding tert-OH is 1. The standard InChI is InChI=1S/C22H23N5O3S/c28-21(20-22(14-3-4-14)31-19-10-23-13-26(19)20)18-11-27(25-24-18)15-5-7-16(8-6-15)30-12-17-2-1-9-29-17/h5-8,10-11,13-14,17,21,28H,1-4,9,12H2. The number of rotatable bonds is 7. The molecule has 31 heavy (non-hydrogen) atoms. The molecule has 4 heterocycles. The van der Waals surface area contributed by atoms with Crippen LogP contribution in [0.15, 0.2) is 43.0 Å². The van der Waals surface area contributed by atoms with E-state index in [-0.39, 0.29) is 6.10 Å². The number of nitrogens with zero attached hydrogens (tertiary/aromatic N) is 5. The Hall–Kier alpha value is -2.75. The maximum atomic E-state index is 11.1. The fraction of sp³-hybridized carbons (Fsp3) is 0.409. The zero-order valence-electron chi connectivity index (χ0n) is 16.9. The number of aromatic nitrogens is 5. The molecule has 2 atom stereocenters. The monoisotopic (exact) mass is 437 g/mol. The molecule has 0 spiro atoms. The molecule has 0 bridgehead atoms. The second-order valence-corrected chi connectivity index (χ2v) is 9.22. The van der Waals surface area contributed by atoms with Crippen molar-refractivity contribution in [3.05, 3.63) is 59.3 Å². The third-order valence-electron chi connectivity index (χ3n) is 5.89. The number of thiazole rings is 1. The molecule has 1 saturated carbocycles. The summed E-state index contributed by atoms with van der Waals surface area (Å²) in [4.78, 5) is 6.49. The average Bonchev–Trinajstić information content (AvgIpc) is 3.22. The van der Waals surface area contributed by atoms with E-state index in [4.69, 9.17) is 9.47 Å². The second-order valence-electron chi connectivity index (χ2n) is 8.16. The van der Waals surface area contributed by atoms with E-state index >= 15 is 0 Å². The van der Waals surface area contributed by atoms with Crippen LogP contribution in [-0.4, -0.2) is 48.8 Å². The van der Waals surface area contributed by atoms with Gasteiger partial charge in [-0.15, -0.1) is 16.4 Å². The molecule has 0 radical (unpaired) electrons. The van der Waals surface area contributed by atoms with Crippen molar-refractivity contribution in [2.75, 3.05) is 13.2 Å². The molecule has 6 rings (SSSR count). The lowest BCUT2D eigenvalue weighted by Gasteiger charge is -2.11. The van der Waals surface area contributed by atoms with Crippen LogP contribution in [0.5, 0.6) is 5.75 Å². The summed E-state index contributed by atoms with van der Waals surface area (Å²) in [5.41, 5.74) is 2.25. The molecule has 1 aromatic carbocycles. The number of imidazole rings is 1. The van der Waals surface area contributed by atoms with Crippen LogP contribution < -0.4 is 4.74 Å². The third-order valence-corrected chi connectivity index (χ3v) is 7.16. The van der Waals surface area contributed by atoms with E-state index in [9.17, 15) is 5.11 Å². The van der Waals surface area contributed by atoms with Crippen LogP contribution in [0.1, 0.15) is 54.0 Å². The first kappa shape index (κ1) is 19.0. The Morgan fingerprint density at radius 2 is 2.10 bits per heavy atom. The topological polar surface area (TPSA) is 86.7 Å². The summed E-state index contributed by atoms with van der Waals surface area (Å²) in [5, 5.41) is 19.6. The van der Waals surface area contributed by atoms with E-state index < -0.39 is 6.10 Å². The van der Waals surface area contributed by atoms with Gasteiger partial charge >= 0.3 is 0 Å². The van der Waals surface area contributed by atoms with Gasteiger partial charge in [0.1, 0.15) is 35.3 Å². The van der Waals surface area contributed by atoms with Gasteiger partial charge in [0.2, 0.25) is 0 Å². The SMILES string of the molecule is OC(c1cn(-c2ccc(OCC3CCCO3)cc2)nn1)c1c(C2CC2)sc2cncn12. The number of ether oxygens (including phenoxy) is 2. The van der Waals surface area contributed by atoms with Crippen LogP contribution in [0, 0.1) is 0 Å². The van der Waals surface area contributed by atoms with Crippen molar-refractivity contribution in [3.8, 4) is 11.4 Å². The molecular formula is C22H23N5O3S. The van der Waals surface area contributed by atoms with Gasteiger partial charge in [-0.2, -0.15) is 0 Å². The minimum absolute atomic E-state index is 0.193. The number of benzene rings is 1. The third kappa shape index (κ3) is 3.62. The molecular weight excluding hydrogens is 414 g/mol. The highest BCUT2D eigenvalue weighted by Crippen LogP contribution is 2.47. The van der Waals surface area contributed by atoms with E-state index in [1.54, 1.807) is 28.5 Å². The minimum atomic E-state index is -0.846. The number of hydrogen-bond donors (Lipinski definition) is 1. The van der Waals surface area contributed by atoms with Crippen LogP contribution >= 0.6 is 11.3 Å². The summed E-state index contributed by atoms with van der Waals surface area (Å²) in [5.74, 6) is 1.33. The predicted molar refractivity (Wildman–Crippen MR) is 115 cm³/mol. The highest BCUT2D eigenvalue weighted by atomic mass is 32.1.